The van der Waals surface area contributed by atoms with Crippen LogP contribution < -0.4 is 5.32 Å². The van der Waals surface area contributed by atoms with Gasteiger partial charge >= 0.3 is 0 Å². The minimum atomic E-state index is -3.57. The van der Waals surface area contributed by atoms with Crippen LogP contribution in [0, 0.1) is 13.8 Å². The first-order valence-corrected chi connectivity index (χ1v) is 11.9. The van der Waals surface area contributed by atoms with Crippen molar-refractivity contribution in [3.8, 4) is 0 Å². The maximum atomic E-state index is 13.0. The van der Waals surface area contributed by atoms with E-state index in [0.717, 1.165) is 21.7 Å². The van der Waals surface area contributed by atoms with E-state index in [-0.39, 0.29) is 12.5 Å². The largest absolute Gasteiger partial charge is 0.298 e. The number of carbonyl (C=O) groups is 1. The summed E-state index contributed by atoms with van der Waals surface area (Å²) in [6, 6.07) is 6.97. The lowest BCUT2D eigenvalue weighted by molar-refractivity contribution is 0.102. The Bertz CT molecular complexity index is 1130. The van der Waals surface area contributed by atoms with Crippen LogP contribution in [0.2, 0.25) is 0 Å². The Morgan fingerprint density at radius 3 is 2.75 bits per heavy atom. The van der Waals surface area contributed by atoms with Crippen LogP contribution in [0.4, 0.5) is 5.13 Å². The van der Waals surface area contributed by atoms with Gasteiger partial charge in [-0.3, -0.25) is 10.1 Å². The van der Waals surface area contributed by atoms with E-state index in [2.05, 4.69) is 10.3 Å². The summed E-state index contributed by atoms with van der Waals surface area (Å²) in [4.78, 5) is 17.9. The molecule has 0 saturated heterocycles. The molecule has 9 heteroatoms. The van der Waals surface area contributed by atoms with Crippen LogP contribution in [0.3, 0.4) is 0 Å². The van der Waals surface area contributed by atoms with Crippen molar-refractivity contribution < 1.29 is 13.2 Å². The van der Waals surface area contributed by atoms with Crippen LogP contribution in [0.1, 0.15) is 32.1 Å². The summed E-state index contributed by atoms with van der Waals surface area (Å²) in [7, 11) is -3.57. The summed E-state index contributed by atoms with van der Waals surface area (Å²) >= 11 is 2.79. The minimum absolute atomic E-state index is 0.202. The summed E-state index contributed by atoms with van der Waals surface area (Å²) in [5.41, 5.74) is 3.47. The van der Waals surface area contributed by atoms with Gasteiger partial charge in [0, 0.05) is 23.2 Å². The van der Waals surface area contributed by atoms with Crippen molar-refractivity contribution in [1.82, 2.24) is 9.29 Å². The van der Waals surface area contributed by atoms with Gasteiger partial charge in [-0.05, 0) is 48.6 Å². The number of hydrogen-bond acceptors (Lipinski definition) is 6. The van der Waals surface area contributed by atoms with Crippen molar-refractivity contribution in [3.05, 3.63) is 62.3 Å². The molecule has 146 valence electrons. The molecular weight excluding hydrogens is 414 g/mol. The van der Waals surface area contributed by atoms with Crippen molar-refractivity contribution >= 4 is 43.7 Å². The Kier molecular flexibility index (Phi) is 5.09. The molecule has 0 atom stereocenters. The van der Waals surface area contributed by atoms with Crippen LogP contribution in [-0.4, -0.2) is 30.2 Å². The fourth-order valence-corrected chi connectivity index (χ4v) is 6.25. The van der Waals surface area contributed by atoms with Crippen LogP contribution in [-0.2, 0) is 23.0 Å². The van der Waals surface area contributed by atoms with Gasteiger partial charge in [0.2, 0.25) is 10.0 Å². The summed E-state index contributed by atoms with van der Waals surface area (Å²) < 4.78 is 27.6. The molecule has 0 fully saturated rings. The lowest BCUT2D eigenvalue weighted by atomic mass is 10.1. The molecule has 0 bridgehead atoms. The van der Waals surface area contributed by atoms with Crippen LogP contribution in [0.15, 0.2) is 39.9 Å². The number of nitrogens with zero attached hydrogens (tertiary/aromatic N) is 2. The Labute approximate surface area is 171 Å². The number of benzene rings is 1. The lowest BCUT2D eigenvalue weighted by Gasteiger charge is -2.25. The van der Waals surface area contributed by atoms with Crippen LogP contribution >= 0.6 is 22.7 Å². The van der Waals surface area contributed by atoms with Gasteiger partial charge in [0.15, 0.2) is 5.13 Å². The topological polar surface area (TPSA) is 79.4 Å². The van der Waals surface area contributed by atoms with Gasteiger partial charge in [-0.2, -0.15) is 15.6 Å². The molecule has 3 heterocycles. The van der Waals surface area contributed by atoms with Crippen molar-refractivity contribution in [2.75, 3.05) is 11.9 Å². The second-order valence-electron chi connectivity index (χ2n) is 6.69. The molecular formula is C19H19N3O3S3. The molecule has 3 aromatic rings. The molecule has 0 spiro atoms. The van der Waals surface area contributed by atoms with E-state index < -0.39 is 10.0 Å². The minimum Gasteiger partial charge on any atom is -0.298 e. The molecule has 0 saturated carbocycles. The highest BCUT2D eigenvalue weighted by atomic mass is 32.2. The molecule has 1 aliphatic heterocycles. The summed E-state index contributed by atoms with van der Waals surface area (Å²) in [5.74, 6) is -0.202. The van der Waals surface area contributed by atoms with Crippen LogP contribution in [0.5, 0.6) is 0 Å². The van der Waals surface area contributed by atoms with E-state index in [4.69, 9.17) is 0 Å². The second-order valence-corrected chi connectivity index (χ2v) is 10.5. The first-order chi connectivity index (χ1) is 13.3. The number of amides is 1. The molecule has 2 aromatic heterocycles. The number of rotatable bonds is 4. The number of hydrogen-bond donors (Lipinski definition) is 1. The van der Waals surface area contributed by atoms with Gasteiger partial charge in [-0.1, -0.05) is 6.07 Å². The van der Waals surface area contributed by atoms with Crippen molar-refractivity contribution in [3.63, 3.8) is 0 Å². The quantitative estimate of drug-likeness (QED) is 0.678. The van der Waals surface area contributed by atoms with Gasteiger partial charge < -0.3 is 0 Å². The number of fused-ring (bicyclic) bond motifs is 1. The molecule has 6 nitrogen and oxygen atoms in total. The molecule has 0 radical (unpaired) electrons. The first kappa shape index (κ1) is 19.3. The number of aryl methyl sites for hydroxylation is 2. The van der Waals surface area contributed by atoms with Gasteiger partial charge in [-0.15, -0.1) is 11.3 Å². The average Bonchev–Trinajstić information content (AvgIpc) is 3.32. The third-order valence-corrected chi connectivity index (χ3v) is 8.34. The predicted molar refractivity (Wildman–Crippen MR) is 112 cm³/mol. The maximum Gasteiger partial charge on any atom is 0.258 e. The molecule has 1 N–H and O–H groups in total. The zero-order valence-corrected chi connectivity index (χ0v) is 17.9. The Balaban J connectivity index is 1.54. The SMILES string of the molecule is Cc1ccc(S(=O)(=O)N2CCc3nc(NC(=O)c4ccsc4)sc3C2)cc1C. The molecule has 1 aromatic carbocycles. The van der Waals surface area contributed by atoms with E-state index in [0.29, 0.717) is 28.6 Å². The van der Waals surface area contributed by atoms with Gasteiger partial charge in [0.05, 0.1) is 22.7 Å². The number of sulfonamides is 1. The number of aromatic nitrogens is 1. The highest BCUT2D eigenvalue weighted by molar-refractivity contribution is 7.89. The normalized spacial score (nSPS) is 14.6. The van der Waals surface area contributed by atoms with E-state index in [1.54, 1.807) is 23.6 Å². The number of nitrogens with one attached hydrogen (secondary N) is 1. The monoisotopic (exact) mass is 433 g/mol. The van der Waals surface area contributed by atoms with Crippen molar-refractivity contribution in [2.45, 2.75) is 31.7 Å². The zero-order valence-electron chi connectivity index (χ0n) is 15.4. The Hall–Kier alpha value is -2.07. The van der Waals surface area contributed by atoms with E-state index in [1.807, 2.05) is 25.3 Å². The highest BCUT2D eigenvalue weighted by Gasteiger charge is 2.30. The molecule has 0 unspecified atom stereocenters. The highest BCUT2D eigenvalue weighted by Crippen LogP contribution is 2.31. The molecule has 0 aliphatic carbocycles. The molecule has 4 rings (SSSR count). The Morgan fingerprint density at radius 1 is 1.21 bits per heavy atom. The third kappa shape index (κ3) is 3.62. The Morgan fingerprint density at radius 2 is 2.04 bits per heavy atom. The molecule has 1 amide bonds. The smallest absolute Gasteiger partial charge is 0.258 e. The number of thiazole rings is 1. The van der Waals surface area contributed by atoms with Gasteiger partial charge in [0.25, 0.3) is 5.91 Å². The first-order valence-electron chi connectivity index (χ1n) is 8.74. The molecule has 1 aliphatic rings. The van der Waals surface area contributed by atoms with Crippen molar-refractivity contribution in [2.24, 2.45) is 0 Å². The van der Waals surface area contributed by atoms with Gasteiger partial charge in [-0.25, -0.2) is 13.4 Å². The summed E-state index contributed by atoms with van der Waals surface area (Å²) in [5, 5.41) is 6.94. The molecule has 28 heavy (non-hydrogen) atoms. The third-order valence-electron chi connectivity index (χ3n) is 4.82. The van der Waals surface area contributed by atoms with Gasteiger partial charge in [0.1, 0.15) is 0 Å². The summed E-state index contributed by atoms with van der Waals surface area (Å²) in [6.45, 7) is 4.52. The maximum absolute atomic E-state index is 13.0. The summed E-state index contributed by atoms with van der Waals surface area (Å²) in [6.07, 6.45) is 0.532. The van der Waals surface area contributed by atoms with Crippen molar-refractivity contribution in [1.29, 1.82) is 0 Å². The van der Waals surface area contributed by atoms with Crippen LogP contribution in [0.25, 0.3) is 0 Å². The standard InChI is InChI=1S/C19H19N3O3S3/c1-12-3-4-15(9-13(12)2)28(24,25)22-7-5-16-17(10-22)27-19(20-16)21-18(23)14-6-8-26-11-14/h3-4,6,8-9,11H,5,7,10H2,1-2H3,(H,20,21,23). The lowest BCUT2D eigenvalue weighted by Crippen LogP contribution is -2.35. The average molecular weight is 434 g/mol. The number of anilines is 1. The fourth-order valence-electron chi connectivity index (χ4n) is 3.02. The van der Waals surface area contributed by atoms with E-state index in [1.165, 1.54) is 27.0 Å². The van der Waals surface area contributed by atoms with E-state index >= 15 is 0 Å². The zero-order chi connectivity index (χ0) is 19.9. The number of thiophene rings is 1. The second kappa shape index (κ2) is 7.40. The number of carbonyl (C=O) groups excluding carboxylic acids is 1. The fraction of sp³-hybridized carbons (Fsp3) is 0.263. The predicted octanol–water partition coefficient (Wildman–Crippen LogP) is 3.82. The van der Waals surface area contributed by atoms with E-state index in [9.17, 15) is 13.2 Å².